The Labute approximate surface area is 128 Å². The van der Waals surface area contributed by atoms with E-state index in [0.717, 1.165) is 25.0 Å². The van der Waals surface area contributed by atoms with Crippen LogP contribution in [0.15, 0.2) is 35.3 Å². The van der Waals surface area contributed by atoms with Gasteiger partial charge in [-0.1, -0.05) is 37.3 Å². The lowest BCUT2D eigenvalue weighted by Gasteiger charge is -2.20. The average Bonchev–Trinajstić information content (AvgIpc) is 2.96. The van der Waals surface area contributed by atoms with Crippen LogP contribution in [0, 0.1) is 5.92 Å². The van der Waals surface area contributed by atoms with Gasteiger partial charge >= 0.3 is 0 Å². The molecular weight excluding hydrogens is 260 g/mol. The number of likely N-dealkylation sites (tertiary alicyclic amines) is 1. The maximum atomic E-state index is 4.71. The largest absolute Gasteiger partial charge is 0.356 e. The van der Waals surface area contributed by atoms with Gasteiger partial charge in [0, 0.05) is 27.2 Å². The number of rotatable bonds is 5. The Hall–Kier alpha value is -1.55. The van der Waals surface area contributed by atoms with Gasteiger partial charge in [-0.3, -0.25) is 0 Å². The Kier molecular flexibility index (Phi) is 6.05. The van der Waals surface area contributed by atoms with Gasteiger partial charge in [0.25, 0.3) is 0 Å². The summed E-state index contributed by atoms with van der Waals surface area (Å²) in [6.07, 6.45) is 1.29. The smallest absolute Gasteiger partial charge is 0.193 e. The summed E-state index contributed by atoms with van der Waals surface area (Å²) in [6, 6.07) is 10.4. The van der Waals surface area contributed by atoms with Crippen molar-refractivity contribution in [2.75, 3.05) is 40.3 Å². The van der Waals surface area contributed by atoms with Gasteiger partial charge in [-0.2, -0.15) is 0 Å². The van der Waals surface area contributed by atoms with Crippen LogP contribution in [-0.4, -0.2) is 56.0 Å². The lowest BCUT2D eigenvalue weighted by Crippen LogP contribution is -2.39. The quantitative estimate of drug-likeness (QED) is 0.664. The number of aliphatic imine (C=N–C) groups is 1. The molecule has 0 amide bonds. The topological polar surface area (TPSA) is 30.9 Å². The summed E-state index contributed by atoms with van der Waals surface area (Å²) >= 11 is 0. The Morgan fingerprint density at radius 3 is 2.71 bits per heavy atom. The van der Waals surface area contributed by atoms with Gasteiger partial charge in [0.05, 0.1) is 6.54 Å². The van der Waals surface area contributed by atoms with E-state index in [1.54, 1.807) is 0 Å². The summed E-state index contributed by atoms with van der Waals surface area (Å²) in [7, 11) is 4.09. The SMILES string of the molecule is CCN1CCC(CNC(=NCc2ccccc2)N(C)C)C1. The van der Waals surface area contributed by atoms with Crippen molar-refractivity contribution < 1.29 is 0 Å². The third-order valence-electron chi connectivity index (χ3n) is 4.04. The van der Waals surface area contributed by atoms with E-state index in [0.29, 0.717) is 0 Å². The van der Waals surface area contributed by atoms with Crippen molar-refractivity contribution in [1.82, 2.24) is 15.1 Å². The fourth-order valence-electron chi connectivity index (χ4n) is 2.71. The molecule has 1 N–H and O–H groups in total. The molecule has 0 spiro atoms. The monoisotopic (exact) mass is 288 g/mol. The average molecular weight is 288 g/mol. The third kappa shape index (κ3) is 5.05. The lowest BCUT2D eigenvalue weighted by molar-refractivity contribution is 0.341. The molecule has 0 aliphatic carbocycles. The summed E-state index contributed by atoms with van der Waals surface area (Å²) in [5, 5.41) is 3.53. The molecule has 0 radical (unpaired) electrons. The maximum Gasteiger partial charge on any atom is 0.193 e. The summed E-state index contributed by atoms with van der Waals surface area (Å²) in [4.78, 5) is 9.29. The Morgan fingerprint density at radius 1 is 1.33 bits per heavy atom. The van der Waals surface area contributed by atoms with Crippen LogP contribution >= 0.6 is 0 Å². The van der Waals surface area contributed by atoms with Crippen LogP contribution in [0.4, 0.5) is 0 Å². The van der Waals surface area contributed by atoms with E-state index in [4.69, 9.17) is 4.99 Å². The Bertz CT molecular complexity index is 441. The molecule has 1 saturated heterocycles. The van der Waals surface area contributed by atoms with Crippen molar-refractivity contribution in [1.29, 1.82) is 0 Å². The number of hydrogen-bond donors (Lipinski definition) is 1. The van der Waals surface area contributed by atoms with E-state index in [1.165, 1.54) is 31.6 Å². The van der Waals surface area contributed by atoms with Crippen molar-refractivity contribution in [3.05, 3.63) is 35.9 Å². The number of benzene rings is 1. The molecular formula is C17H28N4. The first-order valence-corrected chi connectivity index (χ1v) is 7.91. The Morgan fingerprint density at radius 2 is 2.10 bits per heavy atom. The standard InChI is InChI=1S/C17H28N4/c1-4-21-11-10-16(14-21)13-19-17(20(2)3)18-12-15-8-6-5-7-9-15/h5-9,16H,4,10-14H2,1-3H3,(H,18,19). The van der Waals surface area contributed by atoms with Gasteiger partial charge in [-0.15, -0.1) is 0 Å². The molecule has 1 fully saturated rings. The second kappa shape index (κ2) is 8.03. The van der Waals surface area contributed by atoms with Gasteiger partial charge in [-0.25, -0.2) is 4.99 Å². The molecule has 2 rings (SSSR count). The number of guanidine groups is 1. The maximum absolute atomic E-state index is 4.71. The van der Waals surface area contributed by atoms with Gasteiger partial charge in [0.15, 0.2) is 5.96 Å². The zero-order chi connectivity index (χ0) is 15.1. The minimum absolute atomic E-state index is 0.729. The molecule has 1 aliphatic heterocycles. The first-order valence-electron chi connectivity index (χ1n) is 7.91. The van der Waals surface area contributed by atoms with Crippen LogP contribution in [0.1, 0.15) is 18.9 Å². The first-order chi connectivity index (χ1) is 10.2. The minimum atomic E-state index is 0.729. The predicted octanol–water partition coefficient (Wildman–Crippen LogP) is 2.04. The van der Waals surface area contributed by atoms with Crippen molar-refractivity contribution in [3.63, 3.8) is 0 Å². The van der Waals surface area contributed by atoms with Crippen LogP contribution in [0.25, 0.3) is 0 Å². The van der Waals surface area contributed by atoms with Crippen molar-refractivity contribution >= 4 is 5.96 Å². The Balaban J connectivity index is 1.84. The van der Waals surface area contributed by atoms with E-state index in [-0.39, 0.29) is 0 Å². The lowest BCUT2D eigenvalue weighted by atomic mass is 10.1. The minimum Gasteiger partial charge on any atom is -0.356 e. The zero-order valence-electron chi connectivity index (χ0n) is 13.5. The van der Waals surface area contributed by atoms with Crippen LogP contribution in [-0.2, 0) is 6.54 Å². The second-order valence-corrected chi connectivity index (χ2v) is 5.95. The highest BCUT2D eigenvalue weighted by Crippen LogP contribution is 2.14. The molecule has 1 aliphatic rings. The molecule has 0 bridgehead atoms. The van der Waals surface area contributed by atoms with Crippen LogP contribution in [0.5, 0.6) is 0 Å². The van der Waals surface area contributed by atoms with Gasteiger partial charge in [0.1, 0.15) is 0 Å². The molecule has 4 heteroatoms. The summed E-state index contributed by atoms with van der Waals surface area (Å²) in [5.74, 6) is 1.72. The summed E-state index contributed by atoms with van der Waals surface area (Å²) in [5.41, 5.74) is 1.25. The molecule has 21 heavy (non-hydrogen) atoms. The highest BCUT2D eigenvalue weighted by Gasteiger charge is 2.21. The van der Waals surface area contributed by atoms with Crippen molar-refractivity contribution in [2.24, 2.45) is 10.9 Å². The van der Waals surface area contributed by atoms with Crippen LogP contribution < -0.4 is 5.32 Å². The molecule has 1 unspecified atom stereocenters. The highest BCUT2D eigenvalue weighted by atomic mass is 15.3. The fourth-order valence-corrected chi connectivity index (χ4v) is 2.71. The number of hydrogen-bond acceptors (Lipinski definition) is 2. The normalized spacial score (nSPS) is 19.8. The molecule has 1 aromatic rings. The highest BCUT2D eigenvalue weighted by molar-refractivity contribution is 5.79. The number of nitrogens with one attached hydrogen (secondary N) is 1. The number of nitrogens with zero attached hydrogens (tertiary/aromatic N) is 3. The third-order valence-corrected chi connectivity index (χ3v) is 4.04. The van der Waals surface area contributed by atoms with Crippen LogP contribution in [0.3, 0.4) is 0 Å². The van der Waals surface area contributed by atoms with Gasteiger partial charge in [0.2, 0.25) is 0 Å². The van der Waals surface area contributed by atoms with Crippen molar-refractivity contribution in [2.45, 2.75) is 19.9 Å². The molecule has 1 heterocycles. The van der Waals surface area contributed by atoms with E-state index >= 15 is 0 Å². The van der Waals surface area contributed by atoms with Gasteiger partial charge < -0.3 is 15.1 Å². The molecule has 0 saturated carbocycles. The zero-order valence-corrected chi connectivity index (χ0v) is 13.5. The van der Waals surface area contributed by atoms with E-state index in [1.807, 2.05) is 20.2 Å². The summed E-state index contributed by atoms with van der Waals surface area (Å²) < 4.78 is 0. The van der Waals surface area contributed by atoms with Gasteiger partial charge in [-0.05, 0) is 31.0 Å². The molecule has 1 atom stereocenters. The predicted molar refractivity (Wildman–Crippen MR) is 89.5 cm³/mol. The first kappa shape index (κ1) is 15.8. The van der Waals surface area contributed by atoms with E-state index in [2.05, 4.69) is 46.3 Å². The van der Waals surface area contributed by atoms with Crippen LogP contribution in [0.2, 0.25) is 0 Å². The van der Waals surface area contributed by atoms with E-state index in [9.17, 15) is 0 Å². The fraction of sp³-hybridized carbons (Fsp3) is 0.588. The molecule has 4 nitrogen and oxygen atoms in total. The molecule has 1 aromatic carbocycles. The molecule has 0 aromatic heterocycles. The summed E-state index contributed by atoms with van der Waals surface area (Å²) in [6.45, 7) is 7.60. The van der Waals surface area contributed by atoms with E-state index < -0.39 is 0 Å². The molecule has 116 valence electrons. The second-order valence-electron chi connectivity index (χ2n) is 5.95. The van der Waals surface area contributed by atoms with Crippen molar-refractivity contribution in [3.8, 4) is 0 Å².